The summed E-state index contributed by atoms with van der Waals surface area (Å²) in [5.74, 6) is 1.30. The number of hydrogen-bond donors (Lipinski definition) is 1. The molecule has 0 aliphatic heterocycles. The highest BCUT2D eigenvalue weighted by Gasteiger charge is 2.16. The second-order valence-corrected chi connectivity index (χ2v) is 6.19. The Bertz CT molecular complexity index is 591. The Balaban J connectivity index is 1.67. The van der Waals surface area contributed by atoms with E-state index in [9.17, 15) is 0 Å². The standard InChI is InChI=1S/C15H18BrN3O/c1-10-6-7-11(8-13(10)16)15-18-14(20-19-15)9-17-12-4-2-3-5-12/h6-8,12,17H,2-5,9H2,1H3. The molecule has 0 unspecified atom stereocenters. The zero-order valence-corrected chi connectivity index (χ0v) is 13.1. The lowest BCUT2D eigenvalue weighted by molar-refractivity contribution is 0.357. The molecule has 0 saturated heterocycles. The van der Waals surface area contributed by atoms with Gasteiger partial charge in [0.25, 0.3) is 0 Å². The molecule has 0 bridgehead atoms. The minimum atomic E-state index is 0.610. The number of nitrogens with one attached hydrogen (secondary N) is 1. The zero-order valence-electron chi connectivity index (χ0n) is 11.5. The maximum absolute atomic E-state index is 5.31. The summed E-state index contributed by atoms with van der Waals surface area (Å²) in [5, 5.41) is 7.53. The molecule has 1 fully saturated rings. The molecule has 2 aromatic rings. The van der Waals surface area contributed by atoms with Crippen LogP contribution in [0, 0.1) is 6.92 Å². The Kier molecular flexibility index (Phi) is 4.17. The number of aromatic nitrogens is 2. The van der Waals surface area contributed by atoms with Crippen molar-refractivity contribution in [2.24, 2.45) is 0 Å². The lowest BCUT2D eigenvalue weighted by Crippen LogP contribution is -2.25. The minimum absolute atomic E-state index is 0.610. The van der Waals surface area contributed by atoms with Crippen LogP contribution in [0.4, 0.5) is 0 Å². The van der Waals surface area contributed by atoms with Gasteiger partial charge in [-0.05, 0) is 31.4 Å². The van der Waals surface area contributed by atoms with Gasteiger partial charge in [0.15, 0.2) is 0 Å². The van der Waals surface area contributed by atoms with Crippen molar-refractivity contribution in [1.29, 1.82) is 0 Å². The molecule has 5 heteroatoms. The number of aryl methyl sites for hydroxylation is 1. The molecule has 1 aliphatic rings. The van der Waals surface area contributed by atoms with Gasteiger partial charge in [-0.2, -0.15) is 4.98 Å². The minimum Gasteiger partial charge on any atom is -0.338 e. The fourth-order valence-electron chi connectivity index (χ4n) is 2.54. The molecule has 0 amide bonds. The van der Waals surface area contributed by atoms with Crippen LogP contribution >= 0.6 is 15.9 Å². The molecule has 106 valence electrons. The predicted octanol–water partition coefficient (Wildman–Crippen LogP) is 3.84. The summed E-state index contributed by atoms with van der Waals surface area (Å²) in [6.45, 7) is 2.71. The second-order valence-electron chi connectivity index (χ2n) is 5.34. The largest absolute Gasteiger partial charge is 0.338 e. The molecule has 0 radical (unpaired) electrons. The van der Waals surface area contributed by atoms with Gasteiger partial charge in [0.05, 0.1) is 6.54 Å². The third-order valence-electron chi connectivity index (χ3n) is 3.80. The van der Waals surface area contributed by atoms with Crippen molar-refractivity contribution in [2.45, 2.75) is 45.2 Å². The van der Waals surface area contributed by atoms with Gasteiger partial charge in [0.2, 0.25) is 11.7 Å². The normalized spacial score (nSPS) is 15.9. The van der Waals surface area contributed by atoms with E-state index in [0.29, 0.717) is 24.3 Å². The van der Waals surface area contributed by atoms with Crippen molar-refractivity contribution in [3.05, 3.63) is 34.1 Å². The molecular formula is C15H18BrN3O. The molecular weight excluding hydrogens is 318 g/mol. The van der Waals surface area contributed by atoms with Crippen molar-refractivity contribution < 1.29 is 4.52 Å². The lowest BCUT2D eigenvalue weighted by atomic mass is 10.1. The maximum atomic E-state index is 5.31. The molecule has 1 aliphatic carbocycles. The summed E-state index contributed by atoms with van der Waals surface area (Å²) in [5.41, 5.74) is 2.17. The summed E-state index contributed by atoms with van der Waals surface area (Å²) in [6.07, 6.45) is 5.16. The molecule has 0 atom stereocenters. The SMILES string of the molecule is Cc1ccc(-c2noc(CNC3CCCC3)n2)cc1Br. The molecule has 0 spiro atoms. The van der Waals surface area contributed by atoms with Crippen molar-refractivity contribution in [3.63, 3.8) is 0 Å². The molecule has 1 aromatic heterocycles. The van der Waals surface area contributed by atoms with Crippen LogP contribution in [0.5, 0.6) is 0 Å². The third-order valence-corrected chi connectivity index (χ3v) is 4.65. The predicted molar refractivity (Wildman–Crippen MR) is 81.3 cm³/mol. The molecule has 20 heavy (non-hydrogen) atoms. The highest BCUT2D eigenvalue weighted by atomic mass is 79.9. The van der Waals surface area contributed by atoms with Gasteiger partial charge in [0, 0.05) is 16.1 Å². The van der Waals surface area contributed by atoms with Crippen LogP contribution in [-0.2, 0) is 6.54 Å². The third kappa shape index (κ3) is 3.10. The smallest absolute Gasteiger partial charge is 0.240 e. The van der Waals surface area contributed by atoms with Gasteiger partial charge in [-0.1, -0.05) is 46.1 Å². The molecule has 1 N–H and O–H groups in total. The summed E-state index contributed by atoms with van der Waals surface area (Å²) in [7, 11) is 0. The van der Waals surface area contributed by atoms with Gasteiger partial charge < -0.3 is 9.84 Å². The van der Waals surface area contributed by atoms with Crippen LogP contribution in [0.1, 0.15) is 37.1 Å². The number of halogens is 1. The maximum Gasteiger partial charge on any atom is 0.240 e. The highest BCUT2D eigenvalue weighted by molar-refractivity contribution is 9.10. The van der Waals surface area contributed by atoms with E-state index >= 15 is 0 Å². The van der Waals surface area contributed by atoms with E-state index in [1.165, 1.54) is 31.2 Å². The molecule has 1 saturated carbocycles. The Morgan fingerprint density at radius 3 is 2.90 bits per heavy atom. The average molecular weight is 336 g/mol. The van der Waals surface area contributed by atoms with Crippen molar-refractivity contribution in [3.8, 4) is 11.4 Å². The number of rotatable bonds is 4. The van der Waals surface area contributed by atoms with Gasteiger partial charge >= 0.3 is 0 Å². The van der Waals surface area contributed by atoms with Crippen LogP contribution in [0.25, 0.3) is 11.4 Å². The first-order valence-corrected chi connectivity index (χ1v) is 7.84. The first-order chi connectivity index (χ1) is 9.72. The molecule has 4 nitrogen and oxygen atoms in total. The number of benzene rings is 1. The van der Waals surface area contributed by atoms with Crippen LogP contribution in [-0.4, -0.2) is 16.2 Å². The summed E-state index contributed by atoms with van der Waals surface area (Å²) in [4.78, 5) is 4.45. The first kappa shape index (κ1) is 13.8. The van der Waals surface area contributed by atoms with E-state index in [-0.39, 0.29) is 0 Å². The van der Waals surface area contributed by atoms with Crippen LogP contribution in [0.2, 0.25) is 0 Å². The quantitative estimate of drug-likeness (QED) is 0.922. The number of nitrogens with zero attached hydrogens (tertiary/aromatic N) is 2. The molecule has 1 aromatic carbocycles. The lowest BCUT2D eigenvalue weighted by Gasteiger charge is -2.08. The number of hydrogen-bond acceptors (Lipinski definition) is 4. The van der Waals surface area contributed by atoms with Gasteiger partial charge in [0.1, 0.15) is 0 Å². The summed E-state index contributed by atoms with van der Waals surface area (Å²) < 4.78 is 6.37. The Labute approximate surface area is 127 Å². The van der Waals surface area contributed by atoms with Gasteiger partial charge in [-0.3, -0.25) is 0 Å². The second kappa shape index (κ2) is 6.06. The first-order valence-electron chi connectivity index (χ1n) is 7.05. The molecule has 1 heterocycles. The van der Waals surface area contributed by atoms with Gasteiger partial charge in [-0.15, -0.1) is 0 Å². The van der Waals surface area contributed by atoms with E-state index in [1.54, 1.807) is 0 Å². The van der Waals surface area contributed by atoms with Crippen molar-refractivity contribution in [2.75, 3.05) is 0 Å². The van der Waals surface area contributed by atoms with Crippen molar-refractivity contribution in [1.82, 2.24) is 15.5 Å². The van der Waals surface area contributed by atoms with E-state index in [4.69, 9.17) is 4.52 Å². The van der Waals surface area contributed by atoms with E-state index in [1.807, 2.05) is 18.2 Å². The van der Waals surface area contributed by atoms with Crippen LogP contribution < -0.4 is 5.32 Å². The fraction of sp³-hybridized carbons (Fsp3) is 0.467. The Morgan fingerprint density at radius 2 is 2.15 bits per heavy atom. The summed E-state index contributed by atoms with van der Waals surface area (Å²) in [6, 6.07) is 6.69. The monoisotopic (exact) mass is 335 g/mol. The van der Waals surface area contributed by atoms with Crippen molar-refractivity contribution >= 4 is 15.9 Å². The summed E-state index contributed by atoms with van der Waals surface area (Å²) >= 11 is 3.53. The van der Waals surface area contributed by atoms with E-state index < -0.39 is 0 Å². The zero-order chi connectivity index (χ0) is 13.9. The van der Waals surface area contributed by atoms with Crippen LogP contribution in [0.15, 0.2) is 27.2 Å². The highest BCUT2D eigenvalue weighted by Crippen LogP contribution is 2.24. The topological polar surface area (TPSA) is 51.0 Å². The fourth-order valence-corrected chi connectivity index (χ4v) is 2.92. The Morgan fingerprint density at radius 1 is 1.35 bits per heavy atom. The van der Waals surface area contributed by atoms with Gasteiger partial charge in [-0.25, -0.2) is 0 Å². The Hall–Kier alpha value is -1.20. The average Bonchev–Trinajstić information content (AvgIpc) is 3.10. The molecule has 3 rings (SSSR count). The van der Waals surface area contributed by atoms with E-state index in [2.05, 4.69) is 38.3 Å². The van der Waals surface area contributed by atoms with Crippen LogP contribution in [0.3, 0.4) is 0 Å². The van der Waals surface area contributed by atoms with E-state index in [0.717, 1.165) is 10.0 Å².